The largest absolute Gasteiger partial charge is 0.478 e. The fraction of sp³-hybridized carbons (Fsp3) is 0.448. The Bertz CT molecular complexity index is 1090. The molecule has 2 aromatic carbocycles. The lowest BCUT2D eigenvalue weighted by Gasteiger charge is -2.57. The van der Waals surface area contributed by atoms with Crippen LogP contribution in [0.2, 0.25) is 0 Å². The molecule has 0 amide bonds. The molecule has 5 aliphatic carbocycles. The normalized spacial score (nSPS) is 30.0. The summed E-state index contributed by atoms with van der Waals surface area (Å²) in [5.41, 5.74) is 4.45. The van der Waals surface area contributed by atoms with Gasteiger partial charge in [-0.3, -0.25) is 4.79 Å². The highest BCUT2D eigenvalue weighted by Crippen LogP contribution is 2.62. The van der Waals surface area contributed by atoms with Gasteiger partial charge >= 0.3 is 11.9 Å². The van der Waals surface area contributed by atoms with Gasteiger partial charge in [0.25, 0.3) is 0 Å². The molecule has 0 spiro atoms. The molecule has 4 heteroatoms. The van der Waals surface area contributed by atoms with E-state index in [1.54, 1.807) is 6.08 Å². The van der Waals surface area contributed by atoms with Gasteiger partial charge in [-0.1, -0.05) is 30.3 Å². The summed E-state index contributed by atoms with van der Waals surface area (Å²) in [6, 6.07) is 14.3. The fourth-order valence-electron chi connectivity index (χ4n) is 7.12. The third kappa shape index (κ3) is 4.01. The molecule has 0 aromatic heterocycles. The number of carbonyl (C=O) groups excluding carboxylic acids is 1. The van der Waals surface area contributed by atoms with E-state index >= 15 is 0 Å². The smallest absolute Gasteiger partial charge is 0.328 e. The van der Waals surface area contributed by atoms with E-state index in [0.717, 1.165) is 59.1 Å². The highest BCUT2D eigenvalue weighted by molar-refractivity contribution is 5.85. The third-order valence-electron chi connectivity index (χ3n) is 8.37. The zero-order valence-corrected chi connectivity index (χ0v) is 18.8. The first kappa shape index (κ1) is 20.7. The van der Waals surface area contributed by atoms with E-state index in [0.29, 0.717) is 0 Å². The Hall–Kier alpha value is -2.88. The first-order chi connectivity index (χ1) is 16.0. The Morgan fingerprint density at radius 2 is 1.48 bits per heavy atom. The van der Waals surface area contributed by atoms with Gasteiger partial charge in [0.1, 0.15) is 5.75 Å². The van der Waals surface area contributed by atoms with Crippen LogP contribution in [0, 0.1) is 23.7 Å². The number of benzene rings is 2. The molecule has 2 aromatic rings. The van der Waals surface area contributed by atoms with Crippen LogP contribution in [-0.2, 0) is 15.0 Å². The van der Waals surface area contributed by atoms with Crippen molar-refractivity contribution in [2.75, 3.05) is 0 Å². The SMILES string of the molecule is O=C(O)/C=C/c1ccc(-c2ccc(OC(=O)C3CC3)c(C34CC5CC(CC(C5)C3)C4)c2)cc1. The molecule has 7 rings (SSSR count). The molecule has 4 bridgehead atoms. The highest BCUT2D eigenvalue weighted by atomic mass is 16.5. The Morgan fingerprint density at radius 1 is 0.879 bits per heavy atom. The predicted octanol–water partition coefficient (Wildman–Crippen LogP) is 6.23. The minimum atomic E-state index is -0.948. The first-order valence-corrected chi connectivity index (χ1v) is 12.4. The van der Waals surface area contributed by atoms with Crippen LogP contribution in [0.5, 0.6) is 5.75 Å². The lowest BCUT2D eigenvalue weighted by Crippen LogP contribution is -2.48. The molecule has 5 fully saturated rings. The Labute approximate surface area is 194 Å². The van der Waals surface area contributed by atoms with Crippen LogP contribution in [0.4, 0.5) is 0 Å². The standard InChI is InChI=1S/C29H30O4/c30-27(31)10-3-18-1-4-22(5-2-18)24-8-9-26(33-28(32)23-6-7-23)25(14-24)29-15-19-11-20(16-29)13-21(12-19)17-29/h1-5,8-10,14,19-21,23H,6-7,11-13,15-17H2,(H,30,31)/b10-3+. The van der Waals surface area contributed by atoms with Crippen LogP contribution in [0.3, 0.4) is 0 Å². The van der Waals surface area contributed by atoms with Crippen molar-refractivity contribution in [3.8, 4) is 16.9 Å². The van der Waals surface area contributed by atoms with Crippen molar-refractivity contribution in [2.45, 2.75) is 56.8 Å². The predicted molar refractivity (Wildman–Crippen MR) is 127 cm³/mol. The van der Waals surface area contributed by atoms with Gasteiger partial charge in [-0.15, -0.1) is 0 Å². The molecular formula is C29H30O4. The van der Waals surface area contributed by atoms with Gasteiger partial charge in [-0.25, -0.2) is 4.79 Å². The molecule has 0 heterocycles. The number of hydrogen-bond acceptors (Lipinski definition) is 3. The van der Waals surface area contributed by atoms with Crippen molar-refractivity contribution in [1.82, 2.24) is 0 Å². The number of ether oxygens (including phenoxy) is 1. The number of carboxylic acid groups (broad SMARTS) is 1. The van der Waals surface area contributed by atoms with Crippen LogP contribution in [0.1, 0.15) is 62.5 Å². The summed E-state index contributed by atoms with van der Waals surface area (Å²) in [7, 11) is 0. The first-order valence-electron chi connectivity index (χ1n) is 12.4. The number of carbonyl (C=O) groups is 2. The molecular weight excluding hydrogens is 412 g/mol. The van der Waals surface area contributed by atoms with Gasteiger partial charge in [-0.05, 0) is 109 Å². The van der Waals surface area contributed by atoms with E-state index in [-0.39, 0.29) is 17.3 Å². The average Bonchev–Trinajstić information content (AvgIpc) is 3.63. The molecule has 0 atom stereocenters. The number of hydrogen-bond donors (Lipinski definition) is 1. The van der Waals surface area contributed by atoms with Crippen LogP contribution < -0.4 is 4.74 Å². The van der Waals surface area contributed by atoms with E-state index in [2.05, 4.69) is 12.1 Å². The van der Waals surface area contributed by atoms with Crippen molar-refractivity contribution in [3.63, 3.8) is 0 Å². The number of esters is 1. The Kier molecular flexibility index (Phi) is 4.93. The van der Waals surface area contributed by atoms with Gasteiger partial charge in [0, 0.05) is 11.6 Å². The molecule has 4 nitrogen and oxygen atoms in total. The lowest BCUT2D eigenvalue weighted by molar-refractivity contribution is -0.136. The van der Waals surface area contributed by atoms with E-state index in [1.165, 1.54) is 44.1 Å². The van der Waals surface area contributed by atoms with Crippen LogP contribution in [0.25, 0.3) is 17.2 Å². The second-order valence-corrected chi connectivity index (χ2v) is 10.9. The minimum Gasteiger partial charge on any atom is -0.478 e. The van der Waals surface area contributed by atoms with Crippen LogP contribution in [0.15, 0.2) is 48.5 Å². The monoisotopic (exact) mass is 442 g/mol. The minimum absolute atomic E-state index is 0.0664. The molecule has 5 aliphatic rings. The van der Waals surface area contributed by atoms with E-state index < -0.39 is 5.97 Å². The second kappa shape index (κ2) is 7.86. The zero-order chi connectivity index (χ0) is 22.6. The average molecular weight is 443 g/mol. The summed E-state index contributed by atoms with van der Waals surface area (Å²) in [6.45, 7) is 0. The van der Waals surface area contributed by atoms with Crippen LogP contribution >= 0.6 is 0 Å². The van der Waals surface area contributed by atoms with Crippen molar-refractivity contribution in [3.05, 3.63) is 59.7 Å². The third-order valence-corrected chi connectivity index (χ3v) is 8.37. The van der Waals surface area contributed by atoms with Crippen molar-refractivity contribution in [1.29, 1.82) is 0 Å². The summed E-state index contributed by atoms with van der Waals surface area (Å²) < 4.78 is 6.02. The molecule has 0 unspecified atom stereocenters. The summed E-state index contributed by atoms with van der Waals surface area (Å²) in [4.78, 5) is 23.4. The summed E-state index contributed by atoms with van der Waals surface area (Å²) >= 11 is 0. The second-order valence-electron chi connectivity index (χ2n) is 10.9. The molecule has 1 N–H and O–H groups in total. The van der Waals surface area contributed by atoms with Gasteiger partial charge in [0.2, 0.25) is 0 Å². The van der Waals surface area contributed by atoms with Crippen molar-refractivity contribution in [2.24, 2.45) is 23.7 Å². The molecule has 5 saturated carbocycles. The van der Waals surface area contributed by atoms with E-state index in [4.69, 9.17) is 9.84 Å². The summed E-state index contributed by atoms with van der Waals surface area (Å²) in [5.74, 6) is 2.28. The maximum atomic E-state index is 12.6. The number of carboxylic acids is 1. The highest BCUT2D eigenvalue weighted by Gasteiger charge is 2.52. The molecule has 170 valence electrons. The van der Waals surface area contributed by atoms with Gasteiger partial charge in [-0.2, -0.15) is 0 Å². The quantitative estimate of drug-likeness (QED) is 0.327. The van der Waals surface area contributed by atoms with E-state index in [9.17, 15) is 9.59 Å². The van der Waals surface area contributed by atoms with Crippen molar-refractivity contribution >= 4 is 18.0 Å². The zero-order valence-electron chi connectivity index (χ0n) is 18.8. The Balaban J connectivity index is 1.37. The maximum absolute atomic E-state index is 12.6. The van der Waals surface area contributed by atoms with Gasteiger partial charge in [0.15, 0.2) is 0 Å². The topological polar surface area (TPSA) is 63.6 Å². The summed E-state index contributed by atoms with van der Waals surface area (Å²) in [6.07, 6.45) is 12.4. The van der Waals surface area contributed by atoms with E-state index in [1.807, 2.05) is 30.3 Å². The lowest BCUT2D eigenvalue weighted by atomic mass is 9.48. The molecule has 33 heavy (non-hydrogen) atoms. The maximum Gasteiger partial charge on any atom is 0.328 e. The summed E-state index contributed by atoms with van der Waals surface area (Å²) in [5, 5.41) is 8.86. The number of aliphatic carboxylic acids is 1. The fourth-order valence-corrected chi connectivity index (χ4v) is 7.12. The van der Waals surface area contributed by atoms with Crippen molar-refractivity contribution < 1.29 is 19.4 Å². The molecule has 0 radical (unpaired) electrons. The molecule has 0 aliphatic heterocycles. The Morgan fingerprint density at radius 3 is 2.06 bits per heavy atom. The number of rotatable bonds is 6. The molecule has 0 saturated heterocycles. The van der Waals surface area contributed by atoms with Gasteiger partial charge in [0.05, 0.1) is 5.92 Å². The van der Waals surface area contributed by atoms with Gasteiger partial charge < -0.3 is 9.84 Å². The van der Waals surface area contributed by atoms with Crippen LogP contribution in [-0.4, -0.2) is 17.0 Å².